The summed E-state index contributed by atoms with van der Waals surface area (Å²) in [4.78, 5) is 15.7. The van der Waals surface area contributed by atoms with Crippen LogP contribution in [-0.2, 0) is 0 Å². The number of para-hydroxylation sites is 1. The van der Waals surface area contributed by atoms with Crippen LogP contribution in [0.25, 0.3) is 102 Å². The third-order valence-corrected chi connectivity index (χ3v) is 12.0. The third-order valence-electron chi connectivity index (χ3n) is 9.62. The molecule has 0 aliphatic carbocycles. The fourth-order valence-electron chi connectivity index (χ4n) is 7.46. The molecule has 6 heteroatoms. The van der Waals surface area contributed by atoms with Gasteiger partial charge in [-0.1, -0.05) is 121 Å². The van der Waals surface area contributed by atoms with E-state index >= 15 is 0 Å². The number of nitrogens with zero attached hydrogens (tertiary/aromatic N) is 4. The Labute approximate surface area is 288 Å². The SMILES string of the molecule is c1ccc(-c2nc(-c3ccc4ccccc4c3)nc(-n3c4ccccc4c4c5sc6ccccc6c5c5sc6ccccc6c5c43)n2)cc1. The largest absolute Gasteiger partial charge is 0.277 e. The standard InChI is InChI=1S/C43H24N4S2/c1-2-13-26(14-3-1)41-44-42(28-23-22-25-12-4-5-15-27(25)24-28)46-43(45-41)47-32-19-9-6-16-29(32)35-38(47)36-30-17-7-10-20-33(30)48-40(36)37-31-18-8-11-21-34(31)49-39(35)37/h1-24H. The van der Waals surface area contributed by atoms with Gasteiger partial charge in [-0.3, -0.25) is 4.57 Å². The molecular formula is C43H24N4S2. The third kappa shape index (κ3) is 3.93. The highest BCUT2D eigenvalue weighted by Crippen LogP contribution is 2.51. The lowest BCUT2D eigenvalue weighted by Gasteiger charge is -2.12. The van der Waals surface area contributed by atoms with Crippen molar-refractivity contribution >= 4 is 95.6 Å². The van der Waals surface area contributed by atoms with Crippen molar-refractivity contribution in [1.29, 1.82) is 0 Å². The summed E-state index contributed by atoms with van der Waals surface area (Å²) < 4.78 is 7.48. The average Bonchev–Trinajstić information content (AvgIpc) is 3.84. The van der Waals surface area contributed by atoms with Gasteiger partial charge in [-0.25, -0.2) is 4.98 Å². The fourth-order valence-corrected chi connectivity index (χ4v) is 10.1. The van der Waals surface area contributed by atoms with E-state index in [1.807, 2.05) is 40.9 Å². The first-order valence-electron chi connectivity index (χ1n) is 16.3. The lowest BCUT2D eigenvalue weighted by atomic mass is 10.0. The van der Waals surface area contributed by atoms with Crippen LogP contribution in [0.3, 0.4) is 0 Å². The van der Waals surface area contributed by atoms with Gasteiger partial charge in [0.1, 0.15) is 0 Å². The minimum Gasteiger partial charge on any atom is -0.277 e. The number of hydrogen-bond acceptors (Lipinski definition) is 5. The van der Waals surface area contributed by atoms with Crippen molar-refractivity contribution in [3.63, 3.8) is 0 Å². The van der Waals surface area contributed by atoms with Crippen molar-refractivity contribution in [2.24, 2.45) is 0 Å². The highest BCUT2D eigenvalue weighted by Gasteiger charge is 2.26. The number of benzene rings is 7. The predicted molar refractivity (Wildman–Crippen MR) is 208 cm³/mol. The van der Waals surface area contributed by atoms with Crippen LogP contribution in [0, 0.1) is 0 Å². The van der Waals surface area contributed by atoms with Gasteiger partial charge in [0.15, 0.2) is 11.6 Å². The first kappa shape index (κ1) is 27.0. The maximum Gasteiger partial charge on any atom is 0.238 e. The summed E-state index contributed by atoms with van der Waals surface area (Å²) >= 11 is 3.76. The molecule has 0 bridgehead atoms. The Kier molecular flexibility index (Phi) is 5.67. The summed E-state index contributed by atoms with van der Waals surface area (Å²) in [6, 6.07) is 51.4. The molecule has 4 aromatic heterocycles. The van der Waals surface area contributed by atoms with Crippen molar-refractivity contribution < 1.29 is 0 Å². The lowest BCUT2D eigenvalue weighted by molar-refractivity contribution is 0.955. The quantitative estimate of drug-likeness (QED) is 0.189. The van der Waals surface area contributed by atoms with Gasteiger partial charge in [0.25, 0.3) is 0 Å². The van der Waals surface area contributed by atoms with Gasteiger partial charge < -0.3 is 0 Å². The number of aromatic nitrogens is 4. The predicted octanol–water partition coefficient (Wildman–Crippen LogP) is 12.2. The van der Waals surface area contributed by atoms with E-state index in [9.17, 15) is 0 Å². The molecule has 0 fully saturated rings. The monoisotopic (exact) mass is 660 g/mol. The smallest absolute Gasteiger partial charge is 0.238 e. The number of fused-ring (bicyclic) bond motifs is 13. The zero-order valence-electron chi connectivity index (χ0n) is 26.0. The molecule has 0 saturated carbocycles. The first-order chi connectivity index (χ1) is 24.3. The van der Waals surface area contributed by atoms with Crippen LogP contribution in [0.5, 0.6) is 0 Å². The highest BCUT2D eigenvalue weighted by molar-refractivity contribution is 7.30. The Morgan fingerprint density at radius 2 is 1.00 bits per heavy atom. The highest BCUT2D eigenvalue weighted by atomic mass is 32.1. The van der Waals surface area contributed by atoms with Gasteiger partial charge in [-0.15, -0.1) is 22.7 Å². The molecule has 0 amide bonds. The van der Waals surface area contributed by atoms with E-state index in [0.717, 1.165) is 27.5 Å². The van der Waals surface area contributed by atoms with Gasteiger partial charge in [-0.05, 0) is 35.0 Å². The van der Waals surface area contributed by atoms with E-state index in [1.165, 1.54) is 56.5 Å². The maximum atomic E-state index is 5.32. The lowest BCUT2D eigenvalue weighted by Crippen LogP contribution is -2.06. The Balaban J connectivity index is 1.34. The van der Waals surface area contributed by atoms with Gasteiger partial charge in [0, 0.05) is 62.2 Å². The molecule has 11 aromatic rings. The zero-order valence-corrected chi connectivity index (χ0v) is 27.6. The molecule has 7 aromatic carbocycles. The summed E-state index contributed by atoms with van der Waals surface area (Å²) in [5, 5.41) is 9.92. The van der Waals surface area contributed by atoms with Crippen LogP contribution in [0.15, 0.2) is 146 Å². The van der Waals surface area contributed by atoms with Crippen LogP contribution in [0.4, 0.5) is 0 Å². The average molecular weight is 661 g/mol. The molecule has 0 N–H and O–H groups in total. The molecule has 0 aliphatic rings. The van der Waals surface area contributed by atoms with Gasteiger partial charge in [0.2, 0.25) is 5.95 Å². The first-order valence-corrected chi connectivity index (χ1v) is 17.9. The van der Waals surface area contributed by atoms with Crippen molar-refractivity contribution in [3.05, 3.63) is 146 Å². The molecule has 0 radical (unpaired) electrons. The maximum absolute atomic E-state index is 5.32. The second-order valence-corrected chi connectivity index (χ2v) is 14.5. The van der Waals surface area contributed by atoms with Gasteiger partial charge in [0.05, 0.1) is 11.0 Å². The van der Waals surface area contributed by atoms with Crippen molar-refractivity contribution in [3.8, 4) is 28.7 Å². The molecule has 4 nitrogen and oxygen atoms in total. The summed E-state index contributed by atoms with van der Waals surface area (Å²) in [5.41, 5.74) is 4.13. The van der Waals surface area contributed by atoms with Crippen molar-refractivity contribution in [1.82, 2.24) is 19.5 Å². The number of thiophene rings is 2. The van der Waals surface area contributed by atoms with Crippen molar-refractivity contribution in [2.45, 2.75) is 0 Å². The molecule has 0 atom stereocenters. The van der Waals surface area contributed by atoms with E-state index in [0.29, 0.717) is 17.6 Å². The zero-order chi connectivity index (χ0) is 32.1. The molecule has 0 spiro atoms. The van der Waals surface area contributed by atoms with Crippen LogP contribution in [-0.4, -0.2) is 19.5 Å². The topological polar surface area (TPSA) is 43.6 Å². The Morgan fingerprint density at radius 3 is 1.76 bits per heavy atom. The summed E-state index contributed by atoms with van der Waals surface area (Å²) in [5.74, 6) is 1.91. The van der Waals surface area contributed by atoms with Crippen LogP contribution in [0.1, 0.15) is 0 Å². The molecule has 4 heterocycles. The fraction of sp³-hybridized carbons (Fsp3) is 0. The Bertz CT molecular complexity index is 3090. The van der Waals surface area contributed by atoms with E-state index in [4.69, 9.17) is 15.0 Å². The molecule has 11 rings (SSSR count). The molecule has 0 unspecified atom stereocenters. The van der Waals surface area contributed by atoms with Crippen LogP contribution >= 0.6 is 22.7 Å². The number of rotatable bonds is 3. The van der Waals surface area contributed by atoms with Crippen LogP contribution < -0.4 is 0 Å². The second-order valence-electron chi connectivity index (χ2n) is 12.4. The normalized spacial score (nSPS) is 12.1. The Hall–Kier alpha value is -5.95. The summed E-state index contributed by atoms with van der Waals surface area (Å²) in [7, 11) is 0. The minimum atomic E-state index is 0.611. The van der Waals surface area contributed by atoms with Gasteiger partial charge in [-0.2, -0.15) is 9.97 Å². The summed E-state index contributed by atoms with van der Waals surface area (Å²) in [6.07, 6.45) is 0. The second kappa shape index (κ2) is 10.3. The number of hydrogen-bond donors (Lipinski definition) is 0. The van der Waals surface area contributed by atoms with Crippen LogP contribution in [0.2, 0.25) is 0 Å². The van der Waals surface area contributed by atoms with E-state index < -0.39 is 0 Å². The van der Waals surface area contributed by atoms with E-state index in [2.05, 4.69) is 132 Å². The molecule has 228 valence electrons. The summed E-state index contributed by atoms with van der Waals surface area (Å²) in [6.45, 7) is 0. The molecule has 0 aliphatic heterocycles. The van der Waals surface area contributed by atoms with E-state index in [1.54, 1.807) is 0 Å². The van der Waals surface area contributed by atoms with Crippen molar-refractivity contribution in [2.75, 3.05) is 0 Å². The molecule has 49 heavy (non-hydrogen) atoms. The molecular weight excluding hydrogens is 637 g/mol. The minimum absolute atomic E-state index is 0.611. The van der Waals surface area contributed by atoms with E-state index in [-0.39, 0.29) is 0 Å². The Morgan fingerprint density at radius 1 is 0.429 bits per heavy atom. The molecule has 0 saturated heterocycles. The van der Waals surface area contributed by atoms with Gasteiger partial charge >= 0.3 is 0 Å².